The van der Waals surface area contributed by atoms with Crippen LogP contribution in [0, 0.1) is 19.7 Å². The lowest BCUT2D eigenvalue weighted by Crippen LogP contribution is -2.46. The zero-order valence-corrected chi connectivity index (χ0v) is 18.9. The summed E-state index contributed by atoms with van der Waals surface area (Å²) in [5.74, 6) is 1.45. The topological polar surface area (TPSA) is 76.3 Å². The Kier molecular flexibility index (Phi) is 5.82. The lowest BCUT2D eigenvalue weighted by molar-refractivity contribution is 0.186. The lowest BCUT2D eigenvalue weighted by atomic mass is 9.98. The van der Waals surface area contributed by atoms with Crippen LogP contribution in [0.25, 0.3) is 22.4 Å². The van der Waals surface area contributed by atoms with Gasteiger partial charge in [-0.1, -0.05) is 12.1 Å². The molecule has 8 heteroatoms. The van der Waals surface area contributed by atoms with Gasteiger partial charge in [-0.2, -0.15) is 4.98 Å². The number of fused-ring (bicyclic) bond motifs is 1. The molecule has 32 heavy (non-hydrogen) atoms. The van der Waals surface area contributed by atoms with Gasteiger partial charge in [0.1, 0.15) is 17.2 Å². The average Bonchev–Trinajstić information content (AvgIpc) is 3.46. The standard InChI is InChI=1S/C24H30FN5O2/c1-4-16-11-19-14(2)21(24-26-15(3)29-32-24)23(28-22(19)20(25)12-16)30-8-5-17(6-9-30)27-18-7-10-31-13-18/h11-12,17-18,27H,4-10,13H2,1-3H3/t18-/m1/s1. The Bertz CT molecular complexity index is 1120. The second-order valence-electron chi connectivity index (χ2n) is 8.90. The highest BCUT2D eigenvalue weighted by Crippen LogP contribution is 2.38. The molecule has 0 amide bonds. The number of anilines is 1. The van der Waals surface area contributed by atoms with Gasteiger partial charge in [-0.3, -0.25) is 0 Å². The summed E-state index contributed by atoms with van der Waals surface area (Å²) in [4.78, 5) is 11.6. The molecule has 5 rings (SSSR count). The van der Waals surface area contributed by atoms with Crippen LogP contribution >= 0.6 is 0 Å². The number of aromatic nitrogens is 3. The normalized spacial score (nSPS) is 19.9. The summed E-state index contributed by atoms with van der Waals surface area (Å²) in [6.45, 7) is 9.12. The number of pyridine rings is 1. The van der Waals surface area contributed by atoms with Crippen molar-refractivity contribution in [1.82, 2.24) is 20.4 Å². The van der Waals surface area contributed by atoms with Crippen molar-refractivity contribution in [2.45, 2.75) is 58.5 Å². The van der Waals surface area contributed by atoms with E-state index in [1.165, 1.54) is 0 Å². The van der Waals surface area contributed by atoms with Gasteiger partial charge in [-0.15, -0.1) is 0 Å². The first-order chi connectivity index (χ1) is 15.5. The number of aryl methyl sites for hydroxylation is 3. The minimum atomic E-state index is -0.283. The molecule has 0 saturated carbocycles. The maximum atomic E-state index is 15.0. The van der Waals surface area contributed by atoms with Gasteiger partial charge in [0.05, 0.1) is 12.2 Å². The van der Waals surface area contributed by atoms with E-state index in [1.807, 2.05) is 19.9 Å². The van der Waals surface area contributed by atoms with Gasteiger partial charge >= 0.3 is 0 Å². The SMILES string of the molecule is CCc1cc(F)c2nc(N3CCC(N[C@@H]4CCOC4)CC3)c(-c3nc(C)no3)c(C)c2c1. The molecule has 4 heterocycles. The van der Waals surface area contributed by atoms with Gasteiger partial charge in [0.15, 0.2) is 5.82 Å². The van der Waals surface area contributed by atoms with Gasteiger partial charge in [0.25, 0.3) is 5.89 Å². The summed E-state index contributed by atoms with van der Waals surface area (Å²) in [6.07, 6.45) is 3.82. The van der Waals surface area contributed by atoms with Gasteiger partial charge in [0, 0.05) is 37.2 Å². The quantitative estimate of drug-likeness (QED) is 0.645. The molecule has 2 saturated heterocycles. The van der Waals surface area contributed by atoms with E-state index >= 15 is 4.39 Å². The fourth-order valence-corrected chi connectivity index (χ4v) is 4.86. The Balaban J connectivity index is 1.52. The highest BCUT2D eigenvalue weighted by Gasteiger charge is 2.29. The molecule has 0 bridgehead atoms. The van der Waals surface area contributed by atoms with Crippen LogP contribution < -0.4 is 10.2 Å². The molecule has 2 fully saturated rings. The lowest BCUT2D eigenvalue weighted by Gasteiger charge is -2.35. The van der Waals surface area contributed by atoms with E-state index in [0.717, 1.165) is 79.9 Å². The molecule has 2 aromatic heterocycles. The highest BCUT2D eigenvalue weighted by atomic mass is 19.1. The second kappa shape index (κ2) is 8.75. The Morgan fingerprint density at radius 1 is 1.12 bits per heavy atom. The molecule has 1 atom stereocenters. The minimum absolute atomic E-state index is 0.283. The fraction of sp³-hybridized carbons (Fsp3) is 0.542. The van der Waals surface area contributed by atoms with Crippen molar-refractivity contribution in [2.24, 2.45) is 0 Å². The van der Waals surface area contributed by atoms with E-state index in [9.17, 15) is 0 Å². The van der Waals surface area contributed by atoms with Crippen molar-refractivity contribution in [2.75, 3.05) is 31.2 Å². The van der Waals surface area contributed by atoms with E-state index in [-0.39, 0.29) is 5.82 Å². The monoisotopic (exact) mass is 439 g/mol. The van der Waals surface area contributed by atoms with Crippen molar-refractivity contribution in [3.05, 3.63) is 34.9 Å². The molecular formula is C24H30FN5O2. The third-order valence-corrected chi connectivity index (χ3v) is 6.69. The molecule has 170 valence electrons. The Labute approximate surface area is 187 Å². The van der Waals surface area contributed by atoms with Crippen LogP contribution in [0.15, 0.2) is 16.7 Å². The van der Waals surface area contributed by atoms with Gasteiger partial charge in [-0.25, -0.2) is 9.37 Å². The van der Waals surface area contributed by atoms with Crippen LogP contribution in [-0.2, 0) is 11.2 Å². The predicted molar refractivity (Wildman–Crippen MR) is 121 cm³/mol. The van der Waals surface area contributed by atoms with Crippen molar-refractivity contribution >= 4 is 16.7 Å². The third-order valence-electron chi connectivity index (χ3n) is 6.69. The van der Waals surface area contributed by atoms with E-state index in [1.54, 1.807) is 13.0 Å². The summed E-state index contributed by atoms with van der Waals surface area (Å²) < 4.78 is 26.1. The first kappa shape index (κ1) is 21.3. The first-order valence-corrected chi connectivity index (χ1v) is 11.6. The highest BCUT2D eigenvalue weighted by molar-refractivity contribution is 5.93. The number of rotatable bonds is 5. The molecule has 0 aliphatic carbocycles. The molecular weight excluding hydrogens is 409 g/mol. The molecule has 0 spiro atoms. The van der Waals surface area contributed by atoms with Crippen LogP contribution in [0.1, 0.15) is 43.1 Å². The van der Waals surface area contributed by atoms with Crippen molar-refractivity contribution in [3.8, 4) is 11.5 Å². The van der Waals surface area contributed by atoms with Crippen LogP contribution in [0.2, 0.25) is 0 Å². The summed E-state index contributed by atoms with van der Waals surface area (Å²) in [5.41, 5.74) is 3.08. The van der Waals surface area contributed by atoms with Crippen molar-refractivity contribution in [3.63, 3.8) is 0 Å². The molecule has 0 radical (unpaired) electrons. The maximum absolute atomic E-state index is 15.0. The van der Waals surface area contributed by atoms with Gasteiger partial charge in [-0.05, 0) is 62.8 Å². The maximum Gasteiger partial charge on any atom is 0.261 e. The number of ether oxygens (including phenoxy) is 1. The Hall–Kier alpha value is -2.58. The molecule has 2 aliphatic rings. The van der Waals surface area contributed by atoms with Crippen molar-refractivity contribution < 1.29 is 13.7 Å². The first-order valence-electron chi connectivity index (χ1n) is 11.6. The summed E-state index contributed by atoms with van der Waals surface area (Å²) >= 11 is 0. The van der Waals surface area contributed by atoms with Gasteiger partial charge < -0.3 is 19.5 Å². The zero-order valence-electron chi connectivity index (χ0n) is 18.9. The fourth-order valence-electron chi connectivity index (χ4n) is 4.86. The smallest absolute Gasteiger partial charge is 0.261 e. The van der Waals surface area contributed by atoms with Gasteiger partial charge in [0.2, 0.25) is 0 Å². The third kappa shape index (κ3) is 3.97. The predicted octanol–water partition coefficient (Wildman–Crippen LogP) is 3.95. The second-order valence-corrected chi connectivity index (χ2v) is 8.90. The summed E-state index contributed by atoms with van der Waals surface area (Å²) in [6, 6.07) is 4.52. The average molecular weight is 440 g/mol. The number of halogens is 1. The minimum Gasteiger partial charge on any atom is -0.380 e. The van der Waals surface area contributed by atoms with E-state index < -0.39 is 0 Å². The molecule has 2 aliphatic heterocycles. The van der Waals surface area contributed by atoms with Crippen LogP contribution in [0.4, 0.5) is 10.2 Å². The van der Waals surface area contributed by atoms with E-state index in [4.69, 9.17) is 14.2 Å². The van der Waals surface area contributed by atoms with Crippen LogP contribution in [0.3, 0.4) is 0 Å². The van der Waals surface area contributed by atoms with Crippen LogP contribution in [-0.4, -0.2) is 53.5 Å². The Morgan fingerprint density at radius 2 is 1.94 bits per heavy atom. The summed E-state index contributed by atoms with van der Waals surface area (Å²) in [7, 11) is 0. The Morgan fingerprint density at radius 3 is 2.59 bits per heavy atom. The number of hydrogen-bond donors (Lipinski definition) is 1. The number of piperidine rings is 1. The van der Waals surface area contributed by atoms with Crippen LogP contribution in [0.5, 0.6) is 0 Å². The molecule has 3 aromatic rings. The van der Waals surface area contributed by atoms with Crippen molar-refractivity contribution in [1.29, 1.82) is 0 Å². The largest absolute Gasteiger partial charge is 0.380 e. The zero-order chi connectivity index (χ0) is 22.2. The number of nitrogens with zero attached hydrogens (tertiary/aromatic N) is 4. The molecule has 0 unspecified atom stereocenters. The van der Waals surface area contributed by atoms with E-state index in [0.29, 0.717) is 29.3 Å². The number of nitrogens with one attached hydrogen (secondary N) is 1. The summed E-state index contributed by atoms with van der Waals surface area (Å²) in [5, 5.41) is 8.52. The number of hydrogen-bond acceptors (Lipinski definition) is 7. The molecule has 1 N–H and O–H groups in total. The molecule has 7 nitrogen and oxygen atoms in total. The number of benzene rings is 1. The molecule has 1 aromatic carbocycles. The van der Waals surface area contributed by atoms with E-state index in [2.05, 4.69) is 20.4 Å².